The molecule has 3 heterocycles. The number of carbonyl (C=O) groups excluding carboxylic acids is 1. The second-order valence-electron chi connectivity index (χ2n) is 9.83. The predicted octanol–water partition coefficient (Wildman–Crippen LogP) is 5.78. The maximum atomic E-state index is 14.1. The van der Waals surface area contributed by atoms with Crippen LogP contribution >= 0.6 is 22.9 Å². The van der Waals surface area contributed by atoms with Gasteiger partial charge < -0.3 is 13.9 Å². The molecule has 0 fully saturated rings. The molecule has 0 amide bonds. The summed E-state index contributed by atoms with van der Waals surface area (Å²) < 4.78 is 18.7. The van der Waals surface area contributed by atoms with Gasteiger partial charge in [0, 0.05) is 22.6 Å². The van der Waals surface area contributed by atoms with Crippen molar-refractivity contribution in [1.82, 2.24) is 4.57 Å². The van der Waals surface area contributed by atoms with E-state index in [9.17, 15) is 19.7 Å². The van der Waals surface area contributed by atoms with Gasteiger partial charge in [-0.05, 0) is 55.1 Å². The summed E-state index contributed by atoms with van der Waals surface area (Å²) in [5.74, 6) is 0.649. The quantitative estimate of drug-likeness (QED) is 0.127. The Balaban J connectivity index is 1.53. The number of benzene rings is 3. The van der Waals surface area contributed by atoms with Gasteiger partial charge in [-0.15, -0.1) is 0 Å². The Morgan fingerprint density at radius 2 is 1.93 bits per heavy atom. The minimum atomic E-state index is -0.827. The number of nitro groups is 1. The number of nitrogens with zero attached hydrogens (tertiary/aromatic N) is 3. The summed E-state index contributed by atoms with van der Waals surface area (Å²) in [6.07, 6.45) is 1.56. The zero-order valence-corrected chi connectivity index (χ0v) is 25.3. The summed E-state index contributed by atoms with van der Waals surface area (Å²) in [5, 5.41) is 13.5. The third kappa shape index (κ3) is 4.99. The first-order valence-corrected chi connectivity index (χ1v) is 14.7. The van der Waals surface area contributed by atoms with E-state index in [0.29, 0.717) is 32.1 Å². The van der Waals surface area contributed by atoms with Crippen LogP contribution in [-0.2, 0) is 9.53 Å². The van der Waals surface area contributed by atoms with Crippen LogP contribution in [0.1, 0.15) is 31.2 Å². The van der Waals surface area contributed by atoms with Gasteiger partial charge in [-0.1, -0.05) is 53.3 Å². The van der Waals surface area contributed by atoms with Gasteiger partial charge in [0.2, 0.25) is 0 Å². The van der Waals surface area contributed by atoms with Crippen molar-refractivity contribution in [2.24, 2.45) is 4.99 Å². The molecule has 222 valence electrons. The van der Waals surface area contributed by atoms with Crippen molar-refractivity contribution in [3.63, 3.8) is 0 Å². The van der Waals surface area contributed by atoms with E-state index < -0.39 is 16.9 Å². The maximum Gasteiger partial charge on any atom is 0.338 e. The van der Waals surface area contributed by atoms with Crippen LogP contribution in [0.2, 0.25) is 5.02 Å². The van der Waals surface area contributed by atoms with E-state index in [-0.39, 0.29) is 39.8 Å². The first-order chi connectivity index (χ1) is 21.2. The molecule has 12 heteroatoms. The summed E-state index contributed by atoms with van der Waals surface area (Å²) in [6.45, 7) is 3.60. The molecule has 0 radical (unpaired) electrons. The van der Waals surface area contributed by atoms with Gasteiger partial charge in [-0.3, -0.25) is 19.5 Å². The number of allylic oxidation sites excluding steroid dienone is 1. The molecule has 0 bridgehead atoms. The van der Waals surface area contributed by atoms with Crippen molar-refractivity contribution in [1.29, 1.82) is 0 Å². The number of nitro benzene ring substituents is 1. The van der Waals surface area contributed by atoms with Crippen molar-refractivity contribution in [3.8, 4) is 17.1 Å². The van der Waals surface area contributed by atoms with Crippen molar-refractivity contribution >= 4 is 51.4 Å². The maximum absolute atomic E-state index is 14.1. The molecule has 0 aliphatic carbocycles. The molecule has 0 saturated heterocycles. The highest BCUT2D eigenvalue weighted by Gasteiger charge is 2.34. The van der Waals surface area contributed by atoms with Gasteiger partial charge in [-0.25, -0.2) is 9.79 Å². The predicted molar refractivity (Wildman–Crippen MR) is 167 cm³/mol. The SMILES string of the molecule is CCOC(=O)C1=C(C)N=c2s/c(=C/c3ccc(-c4ccc(Cl)cc4[N+](=O)[O-])o3)c(=O)n2[C@@H]1c1ccc(OC)c2ccccc12. The van der Waals surface area contributed by atoms with Crippen LogP contribution in [-0.4, -0.2) is 29.2 Å². The van der Waals surface area contributed by atoms with E-state index >= 15 is 0 Å². The van der Waals surface area contributed by atoms with Gasteiger partial charge >= 0.3 is 5.97 Å². The highest BCUT2D eigenvalue weighted by Crippen LogP contribution is 2.38. The molecule has 3 aromatic carbocycles. The number of rotatable bonds is 7. The molecule has 0 unspecified atom stereocenters. The molecule has 44 heavy (non-hydrogen) atoms. The van der Waals surface area contributed by atoms with E-state index in [2.05, 4.69) is 4.99 Å². The Kier molecular flexibility index (Phi) is 7.66. The van der Waals surface area contributed by atoms with E-state index in [4.69, 9.17) is 25.5 Å². The number of thiazole rings is 1. The minimum absolute atomic E-state index is 0.155. The van der Waals surface area contributed by atoms with Gasteiger partial charge in [0.15, 0.2) is 4.80 Å². The average Bonchev–Trinajstić information content (AvgIpc) is 3.59. The highest BCUT2D eigenvalue weighted by atomic mass is 35.5. The van der Waals surface area contributed by atoms with Gasteiger partial charge in [0.1, 0.15) is 17.3 Å². The summed E-state index contributed by atoms with van der Waals surface area (Å²) in [5.41, 5.74) is 1.08. The second-order valence-corrected chi connectivity index (χ2v) is 11.3. The lowest BCUT2D eigenvalue weighted by atomic mass is 9.91. The van der Waals surface area contributed by atoms with Crippen molar-refractivity contribution in [2.45, 2.75) is 19.9 Å². The number of hydrogen-bond donors (Lipinski definition) is 0. The smallest absolute Gasteiger partial charge is 0.338 e. The Bertz CT molecular complexity index is 2200. The molecule has 0 saturated carbocycles. The van der Waals surface area contributed by atoms with Gasteiger partial charge in [0.05, 0.1) is 46.0 Å². The lowest BCUT2D eigenvalue weighted by molar-refractivity contribution is -0.384. The fraction of sp³-hybridized carbons (Fsp3) is 0.156. The first kappa shape index (κ1) is 29.1. The van der Waals surface area contributed by atoms with Gasteiger partial charge in [0.25, 0.3) is 11.2 Å². The monoisotopic (exact) mass is 629 g/mol. The summed E-state index contributed by atoms with van der Waals surface area (Å²) in [4.78, 5) is 43.5. The van der Waals surface area contributed by atoms with Gasteiger partial charge in [-0.2, -0.15) is 0 Å². The molecule has 0 spiro atoms. The standard InChI is InChI=1S/C32H24ClN3O7S/c1-4-42-31(38)28-17(2)34-32-35(29(28)22-12-14-25(41-3)21-8-6-5-7-20(21)22)30(37)27(44-32)16-19-10-13-26(43-19)23-11-9-18(33)15-24(23)36(39)40/h5-16,29H,4H2,1-3H3/b27-16+/t29-/m1/s1. The molecule has 1 aliphatic heterocycles. The number of fused-ring (bicyclic) bond motifs is 2. The minimum Gasteiger partial charge on any atom is -0.496 e. The normalized spacial score (nSPS) is 14.8. The Hall–Kier alpha value is -5.00. The largest absolute Gasteiger partial charge is 0.496 e. The number of hydrogen-bond acceptors (Lipinski definition) is 9. The summed E-state index contributed by atoms with van der Waals surface area (Å²) >= 11 is 7.11. The third-order valence-corrected chi connectivity index (χ3v) is 8.49. The Labute approximate surface area is 258 Å². The zero-order chi connectivity index (χ0) is 31.1. The van der Waals surface area contributed by atoms with E-state index in [1.807, 2.05) is 36.4 Å². The van der Waals surface area contributed by atoms with Crippen molar-refractivity contribution in [3.05, 3.63) is 124 Å². The molecule has 0 N–H and O–H groups in total. The number of halogens is 1. The number of esters is 1. The zero-order valence-electron chi connectivity index (χ0n) is 23.7. The molecule has 2 aromatic heterocycles. The van der Waals surface area contributed by atoms with Crippen LogP contribution in [0, 0.1) is 10.1 Å². The number of carbonyl (C=O) groups is 1. The molecule has 5 aromatic rings. The Morgan fingerprint density at radius 1 is 1.16 bits per heavy atom. The second kappa shape index (κ2) is 11.6. The van der Waals surface area contributed by atoms with Crippen LogP contribution in [0.15, 0.2) is 92.2 Å². The van der Waals surface area contributed by atoms with Crippen LogP contribution < -0.4 is 19.6 Å². The fourth-order valence-corrected chi connectivity index (χ4v) is 6.56. The topological polar surface area (TPSA) is 126 Å². The van der Waals surface area contributed by atoms with Crippen LogP contribution in [0.3, 0.4) is 0 Å². The number of methoxy groups -OCH3 is 1. The van der Waals surface area contributed by atoms with Crippen LogP contribution in [0.25, 0.3) is 28.2 Å². The first-order valence-electron chi connectivity index (χ1n) is 13.5. The lowest BCUT2D eigenvalue weighted by Gasteiger charge is -2.26. The molecule has 1 atom stereocenters. The van der Waals surface area contributed by atoms with Crippen LogP contribution in [0.4, 0.5) is 5.69 Å². The number of aromatic nitrogens is 1. The summed E-state index contributed by atoms with van der Waals surface area (Å²) in [7, 11) is 1.59. The average molecular weight is 630 g/mol. The van der Waals surface area contributed by atoms with Crippen molar-refractivity contribution in [2.75, 3.05) is 13.7 Å². The summed E-state index contributed by atoms with van der Waals surface area (Å²) in [6, 6.07) is 18.0. The van der Waals surface area contributed by atoms with E-state index in [0.717, 1.165) is 22.1 Å². The van der Waals surface area contributed by atoms with Crippen LogP contribution in [0.5, 0.6) is 5.75 Å². The van der Waals surface area contributed by atoms with Crippen molar-refractivity contribution < 1.29 is 23.6 Å². The number of furan rings is 1. The molecule has 1 aliphatic rings. The number of ether oxygens (including phenoxy) is 2. The third-order valence-electron chi connectivity index (χ3n) is 7.27. The highest BCUT2D eigenvalue weighted by molar-refractivity contribution is 7.07. The Morgan fingerprint density at radius 3 is 2.66 bits per heavy atom. The van der Waals surface area contributed by atoms with E-state index in [1.165, 1.54) is 22.8 Å². The molecule has 6 rings (SSSR count). The fourth-order valence-electron chi connectivity index (χ4n) is 5.37. The van der Waals surface area contributed by atoms with E-state index in [1.54, 1.807) is 39.2 Å². The molecular formula is C32H24ClN3O7S. The molecular weight excluding hydrogens is 606 g/mol. The lowest BCUT2D eigenvalue weighted by Crippen LogP contribution is -2.40. The molecule has 10 nitrogen and oxygen atoms in total.